The maximum atomic E-state index is 6.24. The van der Waals surface area contributed by atoms with Crippen molar-refractivity contribution < 1.29 is 9.47 Å². The number of ether oxygens (including phenoxy) is 2. The number of hydrogen-bond acceptors (Lipinski definition) is 3. The molecule has 23 heavy (non-hydrogen) atoms. The fraction of sp³-hybridized carbons (Fsp3) is 0.562. The molecule has 0 spiro atoms. The Balaban J connectivity index is 0.00000484. The van der Waals surface area contributed by atoms with Crippen molar-refractivity contribution in [2.24, 2.45) is 4.99 Å². The lowest BCUT2D eigenvalue weighted by Crippen LogP contribution is -2.38. The molecule has 0 aliphatic carbocycles. The maximum absolute atomic E-state index is 6.24. The lowest BCUT2D eigenvalue weighted by Gasteiger charge is -2.12. The van der Waals surface area contributed by atoms with Gasteiger partial charge in [0, 0.05) is 38.4 Å². The zero-order chi connectivity index (χ0) is 16.2. The molecule has 0 saturated carbocycles. The highest BCUT2D eigenvalue weighted by atomic mass is 127. The SMILES string of the molecule is CCNC(=NCCCOC)NCCc1ccc(OC)cc1Cl.I. The topological polar surface area (TPSA) is 54.9 Å². The molecule has 0 aromatic heterocycles. The van der Waals surface area contributed by atoms with Crippen LogP contribution in [0.25, 0.3) is 0 Å². The maximum Gasteiger partial charge on any atom is 0.191 e. The highest BCUT2D eigenvalue weighted by molar-refractivity contribution is 14.0. The van der Waals surface area contributed by atoms with Crippen molar-refractivity contribution >= 4 is 41.5 Å². The number of aliphatic imine (C=N–C) groups is 1. The average Bonchev–Trinajstić information content (AvgIpc) is 2.52. The molecule has 0 amide bonds. The lowest BCUT2D eigenvalue weighted by molar-refractivity contribution is 0.197. The van der Waals surface area contributed by atoms with Crippen molar-refractivity contribution in [2.75, 3.05) is 40.5 Å². The van der Waals surface area contributed by atoms with E-state index in [2.05, 4.69) is 15.6 Å². The smallest absolute Gasteiger partial charge is 0.191 e. The molecule has 0 bridgehead atoms. The van der Waals surface area contributed by atoms with Gasteiger partial charge in [0.1, 0.15) is 5.75 Å². The molecule has 0 heterocycles. The molecule has 0 aliphatic heterocycles. The van der Waals surface area contributed by atoms with Crippen molar-refractivity contribution in [1.29, 1.82) is 0 Å². The summed E-state index contributed by atoms with van der Waals surface area (Å²) in [6.07, 6.45) is 1.74. The molecule has 0 fully saturated rings. The predicted molar refractivity (Wildman–Crippen MR) is 108 cm³/mol. The third kappa shape index (κ3) is 9.22. The number of hydrogen-bond donors (Lipinski definition) is 2. The average molecular weight is 456 g/mol. The summed E-state index contributed by atoms with van der Waals surface area (Å²) in [6.45, 7) is 5.12. The van der Waals surface area contributed by atoms with Crippen molar-refractivity contribution in [3.8, 4) is 5.75 Å². The Hall–Kier alpha value is -0.730. The van der Waals surface area contributed by atoms with Gasteiger partial charge in [-0.1, -0.05) is 17.7 Å². The van der Waals surface area contributed by atoms with Crippen LogP contribution in [0, 0.1) is 0 Å². The van der Waals surface area contributed by atoms with Crippen molar-refractivity contribution in [2.45, 2.75) is 19.8 Å². The Bertz CT molecular complexity index is 473. The lowest BCUT2D eigenvalue weighted by atomic mass is 10.1. The standard InChI is InChI=1S/C16H26ClN3O2.HI/c1-4-18-16(19-9-5-11-21-2)20-10-8-13-6-7-14(22-3)12-15(13)17;/h6-7,12H,4-5,8-11H2,1-3H3,(H2,18,19,20);1H. The molecule has 0 atom stereocenters. The summed E-state index contributed by atoms with van der Waals surface area (Å²) in [7, 11) is 3.33. The number of benzene rings is 1. The van der Waals surface area contributed by atoms with Gasteiger partial charge in [0.05, 0.1) is 7.11 Å². The molecule has 0 saturated heterocycles. The van der Waals surface area contributed by atoms with Gasteiger partial charge in [-0.2, -0.15) is 0 Å². The number of guanidine groups is 1. The minimum Gasteiger partial charge on any atom is -0.497 e. The van der Waals surface area contributed by atoms with Crippen LogP contribution in [0.3, 0.4) is 0 Å². The molecule has 2 N–H and O–H groups in total. The van der Waals surface area contributed by atoms with Crippen molar-refractivity contribution in [1.82, 2.24) is 10.6 Å². The van der Waals surface area contributed by atoms with Crippen molar-refractivity contribution in [3.63, 3.8) is 0 Å². The minimum atomic E-state index is 0. The van der Waals surface area contributed by atoms with Gasteiger partial charge in [-0.05, 0) is 37.5 Å². The first kappa shape index (κ1) is 22.3. The van der Waals surface area contributed by atoms with E-state index in [1.165, 1.54) is 0 Å². The second-order valence-electron chi connectivity index (χ2n) is 4.74. The van der Waals surface area contributed by atoms with Crippen LogP contribution in [-0.4, -0.2) is 46.4 Å². The second-order valence-corrected chi connectivity index (χ2v) is 5.15. The molecule has 1 aromatic carbocycles. The Kier molecular flexibility index (Phi) is 13.3. The molecule has 0 aliphatic rings. The largest absolute Gasteiger partial charge is 0.497 e. The van der Waals surface area contributed by atoms with Crippen LogP contribution in [0.15, 0.2) is 23.2 Å². The van der Waals surface area contributed by atoms with Crippen LogP contribution in [0.1, 0.15) is 18.9 Å². The summed E-state index contributed by atoms with van der Waals surface area (Å²) in [6, 6.07) is 5.75. The normalized spacial score (nSPS) is 10.9. The van der Waals surface area contributed by atoms with Crippen LogP contribution in [0.5, 0.6) is 5.75 Å². The van der Waals surface area contributed by atoms with Gasteiger partial charge < -0.3 is 20.1 Å². The Morgan fingerprint density at radius 1 is 1.26 bits per heavy atom. The second kappa shape index (κ2) is 13.7. The highest BCUT2D eigenvalue weighted by Crippen LogP contribution is 2.22. The minimum absolute atomic E-state index is 0. The molecule has 1 aromatic rings. The monoisotopic (exact) mass is 455 g/mol. The van der Waals surface area contributed by atoms with Crippen molar-refractivity contribution in [3.05, 3.63) is 28.8 Å². The Morgan fingerprint density at radius 3 is 2.65 bits per heavy atom. The molecule has 1 rings (SSSR count). The number of nitrogens with zero attached hydrogens (tertiary/aromatic N) is 1. The fourth-order valence-corrected chi connectivity index (χ4v) is 2.18. The molecule has 5 nitrogen and oxygen atoms in total. The quantitative estimate of drug-likeness (QED) is 0.260. The van der Waals surface area contributed by atoms with Crippen LogP contribution in [0.2, 0.25) is 5.02 Å². The number of methoxy groups -OCH3 is 2. The van der Waals surface area contributed by atoms with Gasteiger partial charge in [0.2, 0.25) is 0 Å². The third-order valence-electron chi connectivity index (χ3n) is 3.07. The van der Waals surface area contributed by atoms with Gasteiger partial charge in [-0.15, -0.1) is 24.0 Å². The summed E-state index contributed by atoms with van der Waals surface area (Å²) in [5.74, 6) is 1.60. The van der Waals surface area contributed by atoms with E-state index in [1.54, 1.807) is 14.2 Å². The number of halogens is 2. The van der Waals surface area contributed by atoms with E-state index in [1.807, 2.05) is 25.1 Å². The molecule has 7 heteroatoms. The van der Waals surface area contributed by atoms with Gasteiger partial charge in [-0.3, -0.25) is 4.99 Å². The van der Waals surface area contributed by atoms with Gasteiger partial charge in [0.25, 0.3) is 0 Å². The van der Waals surface area contributed by atoms with Crippen LogP contribution < -0.4 is 15.4 Å². The number of rotatable bonds is 9. The zero-order valence-electron chi connectivity index (χ0n) is 14.0. The van der Waals surface area contributed by atoms with E-state index in [-0.39, 0.29) is 24.0 Å². The zero-order valence-corrected chi connectivity index (χ0v) is 17.1. The third-order valence-corrected chi connectivity index (χ3v) is 3.42. The molecular weight excluding hydrogens is 429 g/mol. The number of nitrogens with one attached hydrogen (secondary N) is 2. The highest BCUT2D eigenvalue weighted by Gasteiger charge is 2.03. The van der Waals surface area contributed by atoms with E-state index in [0.717, 1.165) is 61.4 Å². The molecule has 0 unspecified atom stereocenters. The Labute approximate surface area is 161 Å². The van der Waals surface area contributed by atoms with E-state index in [0.29, 0.717) is 0 Å². The summed E-state index contributed by atoms with van der Waals surface area (Å²) in [5.41, 5.74) is 1.09. The van der Waals surface area contributed by atoms with Gasteiger partial charge in [-0.25, -0.2) is 0 Å². The summed E-state index contributed by atoms with van der Waals surface area (Å²) in [4.78, 5) is 4.49. The molecular formula is C16H27ClIN3O2. The first-order valence-corrected chi connectivity index (χ1v) is 7.92. The summed E-state index contributed by atoms with van der Waals surface area (Å²) >= 11 is 6.24. The first-order valence-electron chi connectivity index (χ1n) is 7.54. The molecule has 132 valence electrons. The van der Waals surface area contributed by atoms with E-state index < -0.39 is 0 Å². The van der Waals surface area contributed by atoms with Gasteiger partial charge in [0.15, 0.2) is 5.96 Å². The summed E-state index contributed by atoms with van der Waals surface area (Å²) < 4.78 is 10.2. The van der Waals surface area contributed by atoms with E-state index in [4.69, 9.17) is 21.1 Å². The Morgan fingerprint density at radius 2 is 2.04 bits per heavy atom. The van der Waals surface area contributed by atoms with E-state index in [9.17, 15) is 0 Å². The fourth-order valence-electron chi connectivity index (χ4n) is 1.91. The van der Waals surface area contributed by atoms with Crippen LogP contribution in [0.4, 0.5) is 0 Å². The van der Waals surface area contributed by atoms with Crippen LogP contribution in [-0.2, 0) is 11.2 Å². The van der Waals surface area contributed by atoms with E-state index >= 15 is 0 Å². The first-order chi connectivity index (χ1) is 10.7. The van der Waals surface area contributed by atoms with Gasteiger partial charge >= 0.3 is 0 Å². The molecule has 0 radical (unpaired) electrons. The summed E-state index contributed by atoms with van der Waals surface area (Å²) in [5, 5.41) is 7.26. The predicted octanol–water partition coefficient (Wildman–Crippen LogP) is 3.10. The van der Waals surface area contributed by atoms with Crippen LogP contribution >= 0.6 is 35.6 Å².